The van der Waals surface area contributed by atoms with Gasteiger partial charge in [-0.25, -0.2) is 4.79 Å². The molecule has 3 aromatic rings. The maximum atomic E-state index is 12.5. The molecule has 0 aliphatic carbocycles. The molecule has 0 aliphatic heterocycles. The summed E-state index contributed by atoms with van der Waals surface area (Å²) in [4.78, 5) is 36.6. The summed E-state index contributed by atoms with van der Waals surface area (Å²) in [5.74, 6) is -1.29. The average Bonchev–Trinajstić information content (AvgIpc) is 2.74. The number of amides is 2. The zero-order valence-electron chi connectivity index (χ0n) is 16.2. The maximum Gasteiger partial charge on any atom is 0.335 e. The smallest absolute Gasteiger partial charge is 0.335 e. The zero-order chi connectivity index (χ0) is 21.5. The van der Waals surface area contributed by atoms with Crippen LogP contribution in [0.2, 0.25) is 0 Å². The van der Waals surface area contributed by atoms with Gasteiger partial charge in [0.25, 0.3) is 5.91 Å². The van der Waals surface area contributed by atoms with E-state index >= 15 is 0 Å². The molecule has 0 fully saturated rings. The van der Waals surface area contributed by atoms with E-state index in [9.17, 15) is 14.4 Å². The Morgan fingerprint density at radius 3 is 2.20 bits per heavy atom. The van der Waals surface area contributed by atoms with Crippen molar-refractivity contribution >= 4 is 40.9 Å². The molecule has 6 nitrogen and oxygen atoms in total. The number of hydrogen-bond donors (Lipinski definition) is 3. The molecule has 2 amide bonds. The van der Waals surface area contributed by atoms with Crippen molar-refractivity contribution in [3.05, 3.63) is 89.5 Å². The van der Waals surface area contributed by atoms with E-state index in [-0.39, 0.29) is 23.1 Å². The molecule has 0 radical (unpaired) electrons. The summed E-state index contributed by atoms with van der Waals surface area (Å²) in [6, 6.07) is 20.5. The fraction of sp³-hybridized carbons (Fsp3) is 0.0870. The zero-order valence-corrected chi connectivity index (χ0v) is 17.0. The van der Waals surface area contributed by atoms with E-state index in [0.29, 0.717) is 16.9 Å². The molecular formula is C23H20N2O4S. The number of rotatable bonds is 7. The van der Waals surface area contributed by atoms with Crippen molar-refractivity contribution < 1.29 is 19.5 Å². The van der Waals surface area contributed by atoms with Crippen molar-refractivity contribution in [3.8, 4) is 0 Å². The van der Waals surface area contributed by atoms with Gasteiger partial charge >= 0.3 is 5.97 Å². The van der Waals surface area contributed by atoms with Crippen LogP contribution in [0.3, 0.4) is 0 Å². The normalized spacial score (nSPS) is 10.3. The molecule has 0 aromatic heterocycles. The van der Waals surface area contributed by atoms with E-state index < -0.39 is 5.97 Å². The van der Waals surface area contributed by atoms with Gasteiger partial charge in [-0.05, 0) is 61.5 Å². The quantitative estimate of drug-likeness (QED) is 0.483. The standard InChI is InChI=1S/C23H20N2O4S/c1-15-5-11-20(12-6-15)30-14-21(26)24-19-4-2-3-17(13-19)22(27)25-18-9-7-16(8-10-18)23(28)29/h2-13H,14H2,1H3,(H,24,26)(H,25,27)(H,28,29). The van der Waals surface area contributed by atoms with Crippen LogP contribution in [0, 0.1) is 6.92 Å². The van der Waals surface area contributed by atoms with Crippen LogP contribution >= 0.6 is 11.8 Å². The highest BCUT2D eigenvalue weighted by Crippen LogP contribution is 2.19. The predicted octanol–water partition coefficient (Wildman–Crippen LogP) is 4.68. The van der Waals surface area contributed by atoms with Crippen LogP contribution in [-0.2, 0) is 4.79 Å². The monoisotopic (exact) mass is 420 g/mol. The molecule has 3 rings (SSSR count). The average molecular weight is 420 g/mol. The summed E-state index contributed by atoms with van der Waals surface area (Å²) >= 11 is 1.44. The van der Waals surface area contributed by atoms with E-state index in [1.165, 1.54) is 36.0 Å². The summed E-state index contributed by atoms with van der Waals surface area (Å²) in [7, 11) is 0. The van der Waals surface area contributed by atoms with Crippen LogP contribution in [0.1, 0.15) is 26.3 Å². The third kappa shape index (κ3) is 5.96. The van der Waals surface area contributed by atoms with Crippen molar-refractivity contribution in [2.24, 2.45) is 0 Å². The molecule has 0 spiro atoms. The number of carboxylic acids is 1. The van der Waals surface area contributed by atoms with Crippen LogP contribution in [0.5, 0.6) is 0 Å². The van der Waals surface area contributed by atoms with E-state index in [4.69, 9.17) is 5.11 Å². The van der Waals surface area contributed by atoms with Crippen LogP contribution in [0.25, 0.3) is 0 Å². The summed E-state index contributed by atoms with van der Waals surface area (Å²) in [5, 5.41) is 14.4. The van der Waals surface area contributed by atoms with E-state index in [0.717, 1.165) is 10.5 Å². The maximum absolute atomic E-state index is 12.5. The molecule has 0 atom stereocenters. The van der Waals surface area contributed by atoms with Gasteiger partial charge in [-0.1, -0.05) is 23.8 Å². The van der Waals surface area contributed by atoms with Crippen molar-refractivity contribution in [1.29, 1.82) is 0 Å². The minimum Gasteiger partial charge on any atom is -0.478 e. The van der Waals surface area contributed by atoms with Crippen molar-refractivity contribution in [2.45, 2.75) is 11.8 Å². The number of carbonyl (C=O) groups is 3. The van der Waals surface area contributed by atoms with Crippen LogP contribution in [0.4, 0.5) is 11.4 Å². The Morgan fingerprint density at radius 1 is 0.833 bits per heavy atom. The number of nitrogens with one attached hydrogen (secondary N) is 2. The van der Waals surface area contributed by atoms with Gasteiger partial charge in [-0.2, -0.15) is 0 Å². The van der Waals surface area contributed by atoms with Gasteiger partial charge < -0.3 is 15.7 Å². The number of aryl methyl sites for hydroxylation is 1. The van der Waals surface area contributed by atoms with Crippen LogP contribution in [-0.4, -0.2) is 28.6 Å². The lowest BCUT2D eigenvalue weighted by Crippen LogP contribution is -2.16. The summed E-state index contributed by atoms with van der Waals surface area (Å²) in [6.07, 6.45) is 0. The van der Waals surface area contributed by atoms with Gasteiger partial charge in [-0.15, -0.1) is 11.8 Å². The summed E-state index contributed by atoms with van der Waals surface area (Å²) < 4.78 is 0. The Morgan fingerprint density at radius 2 is 1.53 bits per heavy atom. The second kappa shape index (κ2) is 9.76. The molecule has 7 heteroatoms. The van der Waals surface area contributed by atoms with Gasteiger partial charge in [0, 0.05) is 21.8 Å². The third-order valence-corrected chi connectivity index (χ3v) is 5.20. The highest BCUT2D eigenvalue weighted by Gasteiger charge is 2.10. The van der Waals surface area contributed by atoms with Crippen molar-refractivity contribution in [1.82, 2.24) is 0 Å². The molecule has 0 unspecified atom stereocenters. The predicted molar refractivity (Wildman–Crippen MR) is 118 cm³/mol. The second-order valence-electron chi connectivity index (χ2n) is 6.57. The lowest BCUT2D eigenvalue weighted by molar-refractivity contribution is -0.113. The van der Waals surface area contributed by atoms with Gasteiger partial charge in [0.2, 0.25) is 5.91 Å². The number of thioether (sulfide) groups is 1. The first-order valence-corrected chi connectivity index (χ1v) is 10.1. The molecule has 3 N–H and O–H groups in total. The van der Waals surface area contributed by atoms with Crippen molar-refractivity contribution in [2.75, 3.05) is 16.4 Å². The van der Waals surface area contributed by atoms with Crippen molar-refractivity contribution in [3.63, 3.8) is 0 Å². The van der Waals surface area contributed by atoms with Crippen LogP contribution in [0.15, 0.2) is 77.7 Å². The minimum atomic E-state index is -1.03. The Hall–Kier alpha value is -3.58. The lowest BCUT2D eigenvalue weighted by atomic mass is 10.1. The number of aromatic carboxylic acids is 1. The SMILES string of the molecule is Cc1ccc(SCC(=O)Nc2cccc(C(=O)Nc3ccc(C(=O)O)cc3)c2)cc1. The number of hydrogen-bond acceptors (Lipinski definition) is 4. The summed E-state index contributed by atoms with van der Waals surface area (Å²) in [6.45, 7) is 2.01. The number of anilines is 2. The number of carboxylic acid groups (broad SMARTS) is 1. The molecule has 3 aromatic carbocycles. The molecule has 0 heterocycles. The van der Waals surface area contributed by atoms with Gasteiger partial charge in [0.15, 0.2) is 0 Å². The lowest BCUT2D eigenvalue weighted by Gasteiger charge is -2.09. The van der Waals surface area contributed by atoms with Gasteiger partial charge in [0.05, 0.1) is 11.3 Å². The Bertz CT molecular complexity index is 1060. The third-order valence-electron chi connectivity index (χ3n) is 4.19. The van der Waals surface area contributed by atoms with Gasteiger partial charge in [-0.3, -0.25) is 9.59 Å². The summed E-state index contributed by atoms with van der Waals surface area (Å²) in [5.41, 5.74) is 2.69. The first-order valence-electron chi connectivity index (χ1n) is 9.15. The Labute approximate surface area is 178 Å². The number of benzene rings is 3. The highest BCUT2D eigenvalue weighted by atomic mass is 32.2. The fourth-order valence-corrected chi connectivity index (χ4v) is 3.32. The molecule has 0 bridgehead atoms. The topological polar surface area (TPSA) is 95.5 Å². The fourth-order valence-electron chi connectivity index (χ4n) is 2.62. The van der Waals surface area contributed by atoms with Crippen LogP contribution < -0.4 is 10.6 Å². The molecule has 0 saturated heterocycles. The molecule has 152 valence electrons. The van der Waals surface area contributed by atoms with Gasteiger partial charge in [0.1, 0.15) is 0 Å². The first-order chi connectivity index (χ1) is 14.4. The second-order valence-corrected chi connectivity index (χ2v) is 7.62. The molecule has 30 heavy (non-hydrogen) atoms. The molecular weight excluding hydrogens is 400 g/mol. The van der Waals surface area contributed by atoms with E-state index in [1.54, 1.807) is 24.3 Å². The Kier molecular flexibility index (Phi) is 6.87. The number of carbonyl (C=O) groups excluding carboxylic acids is 2. The van der Waals surface area contributed by atoms with E-state index in [1.807, 2.05) is 31.2 Å². The first kappa shape index (κ1) is 21.1. The van der Waals surface area contributed by atoms with E-state index in [2.05, 4.69) is 10.6 Å². The minimum absolute atomic E-state index is 0.140. The Balaban J connectivity index is 1.57. The largest absolute Gasteiger partial charge is 0.478 e. The highest BCUT2D eigenvalue weighted by molar-refractivity contribution is 8.00. The molecule has 0 saturated carbocycles. The molecule has 0 aliphatic rings.